The lowest BCUT2D eigenvalue weighted by Crippen LogP contribution is -2.48. The SMILES string of the molecule is CCC(CCC(=O)O)CCN1CC2(CC2)C1. The third-order valence-electron chi connectivity index (χ3n) is 4.27. The van der Waals surface area contributed by atoms with E-state index in [1.807, 2.05) is 0 Å². The van der Waals surface area contributed by atoms with Crippen molar-refractivity contribution in [3.05, 3.63) is 0 Å². The van der Waals surface area contributed by atoms with E-state index in [-0.39, 0.29) is 0 Å². The lowest BCUT2D eigenvalue weighted by atomic mass is 9.92. The van der Waals surface area contributed by atoms with Gasteiger partial charge in [0.25, 0.3) is 0 Å². The zero-order valence-electron chi connectivity index (χ0n) is 10.2. The number of hydrogen-bond donors (Lipinski definition) is 1. The molecule has 0 amide bonds. The molecule has 3 nitrogen and oxygen atoms in total. The van der Waals surface area contributed by atoms with Gasteiger partial charge in [0, 0.05) is 19.5 Å². The average Bonchev–Trinajstić information content (AvgIpc) is 2.96. The van der Waals surface area contributed by atoms with E-state index in [9.17, 15) is 4.79 Å². The summed E-state index contributed by atoms with van der Waals surface area (Å²) in [4.78, 5) is 13.0. The Morgan fingerprint density at radius 2 is 2.06 bits per heavy atom. The molecule has 1 aliphatic carbocycles. The second-order valence-corrected chi connectivity index (χ2v) is 5.71. The van der Waals surface area contributed by atoms with E-state index in [2.05, 4.69) is 11.8 Å². The van der Waals surface area contributed by atoms with Crippen LogP contribution in [0.2, 0.25) is 0 Å². The number of hydrogen-bond acceptors (Lipinski definition) is 2. The number of likely N-dealkylation sites (tertiary alicyclic amines) is 1. The molecule has 1 saturated heterocycles. The summed E-state index contributed by atoms with van der Waals surface area (Å²) in [6.45, 7) is 5.97. The van der Waals surface area contributed by atoms with Gasteiger partial charge in [0.05, 0.1) is 0 Å². The molecule has 0 aromatic carbocycles. The Hall–Kier alpha value is -0.570. The van der Waals surface area contributed by atoms with Gasteiger partial charge in [-0.2, -0.15) is 0 Å². The number of rotatable bonds is 7. The van der Waals surface area contributed by atoms with Crippen molar-refractivity contribution in [2.75, 3.05) is 19.6 Å². The van der Waals surface area contributed by atoms with Crippen molar-refractivity contribution >= 4 is 5.97 Å². The van der Waals surface area contributed by atoms with Crippen LogP contribution in [0.5, 0.6) is 0 Å². The lowest BCUT2D eigenvalue weighted by molar-refractivity contribution is -0.137. The minimum absolute atomic E-state index is 0.336. The Kier molecular flexibility index (Phi) is 3.53. The smallest absolute Gasteiger partial charge is 0.303 e. The molecule has 92 valence electrons. The quantitative estimate of drug-likeness (QED) is 0.723. The Morgan fingerprint density at radius 3 is 2.56 bits per heavy atom. The number of aliphatic carboxylic acids is 1. The largest absolute Gasteiger partial charge is 0.481 e. The zero-order valence-corrected chi connectivity index (χ0v) is 10.2. The second-order valence-electron chi connectivity index (χ2n) is 5.71. The van der Waals surface area contributed by atoms with E-state index in [0.29, 0.717) is 12.3 Å². The lowest BCUT2D eigenvalue weighted by Gasteiger charge is -2.40. The zero-order chi connectivity index (χ0) is 11.6. The fraction of sp³-hybridized carbons (Fsp3) is 0.923. The normalized spacial score (nSPS) is 24.1. The molecule has 1 unspecified atom stereocenters. The van der Waals surface area contributed by atoms with Gasteiger partial charge in [0.1, 0.15) is 0 Å². The molecule has 0 aromatic heterocycles. The maximum absolute atomic E-state index is 10.5. The third kappa shape index (κ3) is 2.97. The predicted molar refractivity (Wildman–Crippen MR) is 63.4 cm³/mol. The van der Waals surface area contributed by atoms with Gasteiger partial charge in [0.15, 0.2) is 0 Å². The summed E-state index contributed by atoms with van der Waals surface area (Å²) in [5.41, 5.74) is 0.753. The Bertz CT molecular complexity index is 253. The minimum atomic E-state index is -0.653. The van der Waals surface area contributed by atoms with E-state index in [1.54, 1.807) is 0 Å². The number of carboxylic acid groups (broad SMARTS) is 1. The van der Waals surface area contributed by atoms with Crippen LogP contribution in [0, 0.1) is 11.3 Å². The van der Waals surface area contributed by atoms with E-state index < -0.39 is 5.97 Å². The molecule has 2 rings (SSSR count). The van der Waals surface area contributed by atoms with Gasteiger partial charge in [-0.05, 0) is 43.6 Å². The summed E-state index contributed by atoms with van der Waals surface area (Å²) >= 11 is 0. The molecule has 1 N–H and O–H groups in total. The molecule has 0 radical (unpaired) electrons. The van der Waals surface area contributed by atoms with Crippen molar-refractivity contribution in [2.45, 2.75) is 45.4 Å². The molecule has 1 atom stereocenters. The highest BCUT2D eigenvalue weighted by Crippen LogP contribution is 2.52. The molecular formula is C13H23NO2. The van der Waals surface area contributed by atoms with Gasteiger partial charge in [0.2, 0.25) is 0 Å². The molecule has 1 heterocycles. The molecule has 2 aliphatic rings. The molecule has 0 aromatic rings. The van der Waals surface area contributed by atoms with Gasteiger partial charge in [-0.1, -0.05) is 13.3 Å². The maximum Gasteiger partial charge on any atom is 0.303 e. The van der Waals surface area contributed by atoms with Crippen LogP contribution >= 0.6 is 0 Å². The summed E-state index contributed by atoms with van der Waals surface area (Å²) in [5, 5.41) is 8.66. The first-order chi connectivity index (χ1) is 7.63. The summed E-state index contributed by atoms with van der Waals surface area (Å²) in [7, 11) is 0. The van der Waals surface area contributed by atoms with Crippen molar-refractivity contribution in [2.24, 2.45) is 11.3 Å². The number of nitrogens with zero attached hydrogens (tertiary/aromatic N) is 1. The highest BCUT2D eigenvalue weighted by molar-refractivity contribution is 5.66. The number of carboxylic acids is 1. The average molecular weight is 225 g/mol. The van der Waals surface area contributed by atoms with Crippen molar-refractivity contribution < 1.29 is 9.90 Å². The van der Waals surface area contributed by atoms with Crippen LogP contribution in [0.25, 0.3) is 0 Å². The predicted octanol–water partition coefficient (Wildman–Crippen LogP) is 2.36. The van der Waals surface area contributed by atoms with E-state index in [0.717, 1.165) is 18.3 Å². The molecule has 1 spiro atoms. The summed E-state index contributed by atoms with van der Waals surface area (Å²) in [6.07, 6.45) is 6.37. The van der Waals surface area contributed by atoms with Crippen LogP contribution in [0.3, 0.4) is 0 Å². The second kappa shape index (κ2) is 4.74. The molecule has 3 heteroatoms. The molecule has 1 saturated carbocycles. The molecule has 0 bridgehead atoms. The van der Waals surface area contributed by atoms with Crippen LogP contribution in [0.15, 0.2) is 0 Å². The summed E-state index contributed by atoms with van der Waals surface area (Å²) in [5.74, 6) is -0.0498. The third-order valence-corrected chi connectivity index (χ3v) is 4.27. The van der Waals surface area contributed by atoms with Crippen LogP contribution in [0.4, 0.5) is 0 Å². The molecule has 2 fully saturated rings. The Labute approximate surface area is 97.8 Å². The van der Waals surface area contributed by atoms with E-state index in [1.165, 1.54) is 38.9 Å². The van der Waals surface area contributed by atoms with Gasteiger partial charge in [-0.3, -0.25) is 4.79 Å². The maximum atomic E-state index is 10.5. The van der Waals surface area contributed by atoms with E-state index >= 15 is 0 Å². The first-order valence-corrected chi connectivity index (χ1v) is 6.58. The highest BCUT2D eigenvalue weighted by Gasteiger charge is 2.51. The molecule has 1 aliphatic heterocycles. The summed E-state index contributed by atoms with van der Waals surface area (Å²) < 4.78 is 0. The van der Waals surface area contributed by atoms with Gasteiger partial charge < -0.3 is 10.0 Å². The highest BCUT2D eigenvalue weighted by atomic mass is 16.4. The van der Waals surface area contributed by atoms with Gasteiger partial charge in [-0.15, -0.1) is 0 Å². The molecular weight excluding hydrogens is 202 g/mol. The van der Waals surface area contributed by atoms with Gasteiger partial charge >= 0.3 is 5.97 Å². The van der Waals surface area contributed by atoms with Gasteiger partial charge in [-0.25, -0.2) is 0 Å². The monoisotopic (exact) mass is 225 g/mol. The van der Waals surface area contributed by atoms with Crippen molar-refractivity contribution in [3.8, 4) is 0 Å². The number of carbonyl (C=O) groups is 1. The fourth-order valence-electron chi connectivity index (χ4n) is 2.80. The Balaban J connectivity index is 1.57. The Morgan fingerprint density at radius 1 is 1.38 bits per heavy atom. The summed E-state index contributed by atoms with van der Waals surface area (Å²) in [6, 6.07) is 0. The van der Waals surface area contributed by atoms with Crippen LogP contribution in [-0.2, 0) is 4.79 Å². The minimum Gasteiger partial charge on any atom is -0.481 e. The first-order valence-electron chi connectivity index (χ1n) is 6.58. The van der Waals surface area contributed by atoms with Crippen molar-refractivity contribution in [1.29, 1.82) is 0 Å². The molecule has 16 heavy (non-hydrogen) atoms. The fourth-order valence-corrected chi connectivity index (χ4v) is 2.80. The topological polar surface area (TPSA) is 40.5 Å². The van der Waals surface area contributed by atoms with Crippen LogP contribution in [-0.4, -0.2) is 35.6 Å². The van der Waals surface area contributed by atoms with Crippen molar-refractivity contribution in [3.63, 3.8) is 0 Å². The standard InChI is InChI=1S/C13H23NO2/c1-2-11(3-4-12(15)16)5-8-14-9-13(10-14)6-7-13/h11H,2-10H2,1H3,(H,15,16). The van der Waals surface area contributed by atoms with E-state index in [4.69, 9.17) is 5.11 Å². The van der Waals surface area contributed by atoms with Crippen molar-refractivity contribution in [1.82, 2.24) is 4.90 Å². The van der Waals surface area contributed by atoms with Crippen LogP contribution in [0.1, 0.15) is 45.4 Å². The first kappa shape index (κ1) is 11.9. The van der Waals surface area contributed by atoms with Crippen LogP contribution < -0.4 is 0 Å².